The van der Waals surface area contributed by atoms with E-state index in [-0.39, 0.29) is 6.04 Å². The van der Waals surface area contributed by atoms with E-state index in [1.165, 1.54) is 16.7 Å². The van der Waals surface area contributed by atoms with Crippen molar-refractivity contribution in [3.05, 3.63) is 138 Å². The number of aliphatic imine (C=N–C) groups is 1. The van der Waals surface area contributed by atoms with Gasteiger partial charge in [-0.2, -0.15) is 0 Å². The molecule has 4 aromatic rings. The van der Waals surface area contributed by atoms with Gasteiger partial charge < -0.3 is 4.90 Å². The summed E-state index contributed by atoms with van der Waals surface area (Å²) in [4.78, 5) is 7.54. The minimum Gasteiger partial charge on any atom is -0.340 e. The van der Waals surface area contributed by atoms with E-state index < -0.39 is 0 Å². The summed E-state index contributed by atoms with van der Waals surface area (Å²) in [5.41, 5.74) is 4.83. The molecule has 0 fully saturated rings. The molecule has 1 unspecified atom stereocenters. The molecule has 0 aliphatic rings. The third-order valence-corrected chi connectivity index (χ3v) is 6.44. The maximum absolute atomic E-state index is 5.12. The van der Waals surface area contributed by atoms with Crippen molar-refractivity contribution in [1.82, 2.24) is 4.90 Å². The fourth-order valence-corrected chi connectivity index (χ4v) is 4.62. The number of rotatable bonds is 7. The first-order valence-corrected chi connectivity index (χ1v) is 11.9. The van der Waals surface area contributed by atoms with Crippen molar-refractivity contribution in [2.75, 3.05) is 0 Å². The van der Waals surface area contributed by atoms with Crippen molar-refractivity contribution in [2.24, 2.45) is 4.99 Å². The second kappa shape index (κ2) is 11.4. The number of para-hydroxylation sites is 1. The van der Waals surface area contributed by atoms with E-state index >= 15 is 0 Å². The molecule has 0 heterocycles. The van der Waals surface area contributed by atoms with Crippen LogP contribution in [0.1, 0.15) is 29.7 Å². The normalized spacial score (nSPS) is 12.3. The summed E-state index contributed by atoms with van der Waals surface area (Å²) in [6.07, 6.45) is 0. The van der Waals surface area contributed by atoms with Gasteiger partial charge in [-0.3, -0.25) is 0 Å². The molecule has 160 valence electrons. The molecule has 2 nitrogen and oxygen atoms in total. The second-order valence-corrected chi connectivity index (χ2v) is 8.65. The zero-order valence-corrected chi connectivity index (χ0v) is 19.2. The fourth-order valence-electron chi connectivity index (χ4n) is 3.58. The van der Waals surface area contributed by atoms with E-state index in [1.54, 1.807) is 11.8 Å². The number of thioether (sulfide) groups is 1. The van der Waals surface area contributed by atoms with E-state index in [4.69, 9.17) is 4.99 Å². The molecular weight excluding hydrogens is 408 g/mol. The van der Waals surface area contributed by atoms with Gasteiger partial charge in [0.15, 0.2) is 5.17 Å². The Balaban J connectivity index is 1.71. The van der Waals surface area contributed by atoms with E-state index in [9.17, 15) is 0 Å². The Hall–Kier alpha value is -3.30. The molecule has 32 heavy (non-hydrogen) atoms. The molecule has 0 amide bonds. The summed E-state index contributed by atoms with van der Waals surface area (Å²) < 4.78 is 0. The minimum absolute atomic E-state index is 0.183. The molecule has 0 saturated heterocycles. The molecule has 0 spiro atoms. The predicted octanol–water partition coefficient (Wildman–Crippen LogP) is 7.87. The number of nitrogens with zero attached hydrogens (tertiary/aromatic N) is 2. The van der Waals surface area contributed by atoms with Crippen LogP contribution >= 0.6 is 11.8 Å². The van der Waals surface area contributed by atoms with Crippen molar-refractivity contribution in [1.29, 1.82) is 0 Å². The Bertz CT molecular complexity index is 1100. The molecule has 0 aliphatic heterocycles. The zero-order chi connectivity index (χ0) is 22.0. The van der Waals surface area contributed by atoms with Crippen LogP contribution < -0.4 is 0 Å². The first-order valence-electron chi connectivity index (χ1n) is 11.0. The van der Waals surface area contributed by atoms with Crippen LogP contribution in [0.4, 0.5) is 5.69 Å². The zero-order valence-electron chi connectivity index (χ0n) is 18.3. The van der Waals surface area contributed by atoms with Gasteiger partial charge in [-0.05, 0) is 35.7 Å². The van der Waals surface area contributed by atoms with Crippen LogP contribution in [0.5, 0.6) is 0 Å². The molecule has 0 saturated carbocycles. The van der Waals surface area contributed by atoms with Gasteiger partial charge in [-0.25, -0.2) is 4.99 Å². The van der Waals surface area contributed by atoms with Crippen molar-refractivity contribution in [2.45, 2.75) is 25.3 Å². The number of benzene rings is 4. The van der Waals surface area contributed by atoms with Gasteiger partial charge in [0.05, 0.1) is 11.7 Å². The second-order valence-electron chi connectivity index (χ2n) is 7.70. The number of hydrogen-bond donors (Lipinski definition) is 0. The monoisotopic (exact) mass is 436 g/mol. The highest BCUT2D eigenvalue weighted by molar-refractivity contribution is 8.13. The summed E-state index contributed by atoms with van der Waals surface area (Å²) in [6, 6.07) is 42.4. The van der Waals surface area contributed by atoms with Crippen LogP contribution in [0, 0.1) is 0 Å². The molecule has 4 aromatic carbocycles. The van der Waals surface area contributed by atoms with Gasteiger partial charge in [0.25, 0.3) is 0 Å². The lowest BCUT2D eigenvalue weighted by Gasteiger charge is -2.32. The van der Waals surface area contributed by atoms with Crippen LogP contribution in [-0.4, -0.2) is 10.1 Å². The minimum atomic E-state index is 0.183. The molecule has 0 aromatic heterocycles. The first kappa shape index (κ1) is 21.9. The van der Waals surface area contributed by atoms with Crippen molar-refractivity contribution >= 4 is 22.6 Å². The van der Waals surface area contributed by atoms with Gasteiger partial charge >= 0.3 is 0 Å². The highest BCUT2D eigenvalue weighted by atomic mass is 32.2. The summed E-state index contributed by atoms with van der Waals surface area (Å²) in [5.74, 6) is 0.874. The third-order valence-electron chi connectivity index (χ3n) is 5.38. The Morgan fingerprint density at radius 3 is 1.78 bits per heavy atom. The van der Waals surface area contributed by atoms with E-state index in [0.717, 1.165) is 23.2 Å². The van der Waals surface area contributed by atoms with E-state index in [0.29, 0.717) is 0 Å². The first-order chi connectivity index (χ1) is 15.8. The van der Waals surface area contributed by atoms with Crippen LogP contribution in [0.15, 0.2) is 126 Å². The van der Waals surface area contributed by atoms with Gasteiger partial charge in [0.1, 0.15) is 0 Å². The van der Waals surface area contributed by atoms with Gasteiger partial charge in [0.2, 0.25) is 0 Å². The lowest BCUT2D eigenvalue weighted by molar-refractivity contribution is 0.336. The van der Waals surface area contributed by atoms with Crippen LogP contribution in [0.2, 0.25) is 0 Å². The predicted molar refractivity (Wildman–Crippen MR) is 138 cm³/mol. The summed E-state index contributed by atoms with van der Waals surface area (Å²) in [5, 5.41) is 1.03. The quantitative estimate of drug-likeness (QED) is 0.216. The summed E-state index contributed by atoms with van der Waals surface area (Å²) >= 11 is 1.80. The summed E-state index contributed by atoms with van der Waals surface area (Å²) in [6.45, 7) is 3.06. The molecule has 1 atom stereocenters. The number of amidine groups is 1. The molecular formula is C29H28N2S. The SMILES string of the molecule is CC(c1ccccc1)N(Cc1ccccc1)C(=Nc1ccccc1)SCc1ccccc1. The molecule has 3 heteroatoms. The lowest BCUT2D eigenvalue weighted by atomic mass is 10.1. The van der Waals surface area contributed by atoms with Crippen LogP contribution in [-0.2, 0) is 12.3 Å². The molecule has 0 aliphatic carbocycles. The smallest absolute Gasteiger partial charge is 0.165 e. The van der Waals surface area contributed by atoms with Crippen LogP contribution in [0.3, 0.4) is 0 Å². The molecule has 0 bridgehead atoms. The van der Waals surface area contributed by atoms with Gasteiger partial charge in [0, 0.05) is 12.3 Å². The van der Waals surface area contributed by atoms with Gasteiger partial charge in [-0.1, -0.05) is 121 Å². The summed E-state index contributed by atoms with van der Waals surface area (Å²) in [7, 11) is 0. The molecule has 4 rings (SSSR count). The van der Waals surface area contributed by atoms with Gasteiger partial charge in [-0.15, -0.1) is 0 Å². The van der Waals surface area contributed by atoms with Crippen molar-refractivity contribution < 1.29 is 0 Å². The Morgan fingerprint density at radius 1 is 0.688 bits per heavy atom. The molecule has 0 N–H and O–H groups in total. The van der Waals surface area contributed by atoms with Crippen molar-refractivity contribution in [3.8, 4) is 0 Å². The number of hydrogen-bond acceptors (Lipinski definition) is 2. The standard InChI is InChI=1S/C29H28N2S/c1-24(27-18-10-4-11-19-27)31(22-25-14-6-2-7-15-25)29(30-28-20-12-5-13-21-28)32-23-26-16-8-3-9-17-26/h2-21,24H,22-23H2,1H3. The van der Waals surface area contributed by atoms with Crippen molar-refractivity contribution in [3.63, 3.8) is 0 Å². The molecule has 0 radical (unpaired) electrons. The Kier molecular flexibility index (Phi) is 7.78. The maximum atomic E-state index is 5.12. The van der Waals surface area contributed by atoms with E-state index in [2.05, 4.69) is 115 Å². The Labute approximate surface area is 195 Å². The fraction of sp³-hybridized carbons (Fsp3) is 0.138. The topological polar surface area (TPSA) is 15.6 Å². The maximum Gasteiger partial charge on any atom is 0.165 e. The van der Waals surface area contributed by atoms with Crippen LogP contribution in [0.25, 0.3) is 0 Å². The largest absolute Gasteiger partial charge is 0.340 e. The average Bonchev–Trinajstić information content (AvgIpc) is 2.87. The third kappa shape index (κ3) is 6.12. The Morgan fingerprint density at radius 2 is 1.19 bits per heavy atom. The lowest BCUT2D eigenvalue weighted by Crippen LogP contribution is -2.31. The highest BCUT2D eigenvalue weighted by Gasteiger charge is 2.21. The van der Waals surface area contributed by atoms with E-state index in [1.807, 2.05) is 18.2 Å². The average molecular weight is 437 g/mol. The highest BCUT2D eigenvalue weighted by Crippen LogP contribution is 2.29.